The maximum Gasteiger partial charge on any atom is 0.164 e. The van der Waals surface area contributed by atoms with E-state index in [9.17, 15) is 0 Å². The van der Waals surface area contributed by atoms with Gasteiger partial charge in [0.05, 0.1) is 0 Å². The van der Waals surface area contributed by atoms with Crippen LogP contribution in [0.25, 0.3) is 88.8 Å². The standard InChI is InChI=1S/C42H27N3O/c1-26-11-6-14-28(25-26)40-43-41(45-42(44-40)36-22-10-24-38-39(36)35-16-4-5-23-37(35)46-38)34-21-9-19-32-31(18-8-20-33(32)34)30-17-7-13-27-12-2-3-15-29(27)30/h2-25H,1H3. The molecular weight excluding hydrogens is 562 g/mol. The molecule has 0 radical (unpaired) electrons. The fourth-order valence-electron chi connectivity index (χ4n) is 6.69. The van der Waals surface area contributed by atoms with Gasteiger partial charge in [-0.25, -0.2) is 15.0 Å². The molecule has 0 amide bonds. The van der Waals surface area contributed by atoms with Crippen molar-refractivity contribution in [3.05, 3.63) is 151 Å². The lowest BCUT2D eigenvalue weighted by Crippen LogP contribution is -2.01. The molecule has 7 aromatic carbocycles. The van der Waals surface area contributed by atoms with Gasteiger partial charge in [-0.2, -0.15) is 0 Å². The number of hydrogen-bond acceptors (Lipinski definition) is 4. The van der Waals surface area contributed by atoms with E-state index in [1.807, 2.05) is 36.4 Å². The molecule has 0 unspecified atom stereocenters. The van der Waals surface area contributed by atoms with Crippen LogP contribution in [0.2, 0.25) is 0 Å². The summed E-state index contributed by atoms with van der Waals surface area (Å²) in [6.07, 6.45) is 0. The highest BCUT2D eigenvalue weighted by atomic mass is 16.3. The van der Waals surface area contributed by atoms with E-state index in [2.05, 4.69) is 116 Å². The second kappa shape index (κ2) is 10.5. The Morgan fingerprint density at radius 2 is 0.957 bits per heavy atom. The molecule has 0 saturated heterocycles. The van der Waals surface area contributed by atoms with Crippen LogP contribution in [0.5, 0.6) is 0 Å². The second-order valence-electron chi connectivity index (χ2n) is 11.7. The van der Waals surface area contributed by atoms with E-state index in [0.29, 0.717) is 17.5 Å². The van der Waals surface area contributed by atoms with Gasteiger partial charge >= 0.3 is 0 Å². The molecule has 2 heterocycles. The number of furan rings is 1. The fraction of sp³-hybridized carbons (Fsp3) is 0.0238. The van der Waals surface area contributed by atoms with Crippen molar-refractivity contribution in [2.75, 3.05) is 0 Å². The maximum absolute atomic E-state index is 6.23. The van der Waals surface area contributed by atoms with E-state index in [1.54, 1.807) is 0 Å². The highest BCUT2D eigenvalue weighted by Crippen LogP contribution is 2.39. The monoisotopic (exact) mass is 589 g/mol. The minimum Gasteiger partial charge on any atom is -0.456 e. The van der Waals surface area contributed by atoms with Crippen LogP contribution in [0.15, 0.2) is 150 Å². The molecule has 0 aliphatic heterocycles. The Morgan fingerprint density at radius 3 is 1.80 bits per heavy atom. The van der Waals surface area contributed by atoms with Crippen LogP contribution in [0.3, 0.4) is 0 Å². The number of hydrogen-bond donors (Lipinski definition) is 0. The zero-order valence-corrected chi connectivity index (χ0v) is 25.1. The van der Waals surface area contributed by atoms with Crippen molar-refractivity contribution in [2.24, 2.45) is 0 Å². The van der Waals surface area contributed by atoms with Crippen molar-refractivity contribution in [3.63, 3.8) is 0 Å². The van der Waals surface area contributed by atoms with E-state index in [4.69, 9.17) is 19.4 Å². The summed E-state index contributed by atoms with van der Waals surface area (Å²) in [5.74, 6) is 1.88. The Labute approximate surface area is 265 Å². The highest BCUT2D eigenvalue weighted by Gasteiger charge is 2.19. The van der Waals surface area contributed by atoms with E-state index < -0.39 is 0 Å². The summed E-state index contributed by atoms with van der Waals surface area (Å²) in [4.78, 5) is 15.4. The number of aryl methyl sites for hydroxylation is 1. The summed E-state index contributed by atoms with van der Waals surface area (Å²) in [5.41, 5.74) is 8.00. The largest absolute Gasteiger partial charge is 0.456 e. The first-order chi connectivity index (χ1) is 22.7. The summed E-state index contributed by atoms with van der Waals surface area (Å²) in [6, 6.07) is 50.5. The van der Waals surface area contributed by atoms with Crippen LogP contribution in [0, 0.1) is 6.92 Å². The van der Waals surface area contributed by atoms with Crippen LogP contribution in [0.4, 0.5) is 0 Å². The number of benzene rings is 7. The van der Waals surface area contributed by atoms with Gasteiger partial charge in [0.25, 0.3) is 0 Å². The van der Waals surface area contributed by atoms with Crippen LogP contribution in [-0.4, -0.2) is 15.0 Å². The number of fused-ring (bicyclic) bond motifs is 5. The quantitative estimate of drug-likeness (QED) is 0.205. The van der Waals surface area contributed by atoms with Gasteiger partial charge < -0.3 is 4.42 Å². The minimum absolute atomic E-state index is 0.612. The zero-order valence-electron chi connectivity index (χ0n) is 25.1. The van der Waals surface area contributed by atoms with Gasteiger partial charge in [0, 0.05) is 27.5 Å². The Morgan fingerprint density at radius 1 is 0.413 bits per heavy atom. The molecule has 9 rings (SSSR count). The van der Waals surface area contributed by atoms with E-state index in [0.717, 1.165) is 55.0 Å². The summed E-state index contributed by atoms with van der Waals surface area (Å²) in [5, 5.41) is 6.73. The van der Waals surface area contributed by atoms with Gasteiger partial charge in [-0.05, 0) is 57.8 Å². The van der Waals surface area contributed by atoms with Crippen LogP contribution in [0.1, 0.15) is 5.56 Å². The third kappa shape index (κ3) is 4.26. The lowest BCUT2D eigenvalue weighted by atomic mass is 9.92. The molecule has 0 fully saturated rings. The molecule has 0 bridgehead atoms. The van der Waals surface area contributed by atoms with E-state index in [-0.39, 0.29) is 0 Å². The average Bonchev–Trinajstić information content (AvgIpc) is 3.50. The Balaban J connectivity index is 1.31. The molecule has 0 saturated carbocycles. The van der Waals surface area contributed by atoms with Crippen molar-refractivity contribution in [2.45, 2.75) is 6.92 Å². The van der Waals surface area contributed by atoms with Crippen LogP contribution >= 0.6 is 0 Å². The molecular formula is C42H27N3O. The predicted octanol–water partition coefficient (Wildman–Crippen LogP) is 11.1. The Kier molecular flexibility index (Phi) is 6.00. The molecule has 0 aliphatic carbocycles. The molecule has 4 heteroatoms. The Hall–Kier alpha value is -6.13. The fourth-order valence-corrected chi connectivity index (χ4v) is 6.69. The lowest BCUT2D eigenvalue weighted by Gasteiger charge is -2.14. The second-order valence-corrected chi connectivity index (χ2v) is 11.7. The number of para-hydroxylation sites is 1. The third-order valence-corrected chi connectivity index (χ3v) is 8.80. The van der Waals surface area contributed by atoms with Crippen molar-refractivity contribution in [3.8, 4) is 45.3 Å². The van der Waals surface area contributed by atoms with Gasteiger partial charge in [0.15, 0.2) is 17.5 Å². The summed E-state index contributed by atoms with van der Waals surface area (Å²) < 4.78 is 6.23. The SMILES string of the molecule is Cc1cccc(-c2nc(-c3cccc4c(-c5cccc6ccccc56)cccc34)nc(-c3cccc4oc5ccccc5c34)n2)c1. The molecule has 46 heavy (non-hydrogen) atoms. The normalized spacial score (nSPS) is 11.6. The van der Waals surface area contributed by atoms with Gasteiger partial charge in [-0.15, -0.1) is 0 Å². The molecule has 0 spiro atoms. The number of nitrogens with zero attached hydrogens (tertiary/aromatic N) is 3. The van der Waals surface area contributed by atoms with Gasteiger partial charge in [0.1, 0.15) is 11.2 Å². The predicted molar refractivity (Wildman–Crippen MR) is 189 cm³/mol. The summed E-state index contributed by atoms with van der Waals surface area (Å²) >= 11 is 0. The molecule has 9 aromatic rings. The van der Waals surface area contributed by atoms with Crippen LogP contribution < -0.4 is 0 Å². The minimum atomic E-state index is 0.612. The van der Waals surface area contributed by atoms with E-state index in [1.165, 1.54) is 21.9 Å². The first kappa shape index (κ1) is 26.3. The van der Waals surface area contributed by atoms with Crippen molar-refractivity contribution >= 4 is 43.5 Å². The first-order valence-corrected chi connectivity index (χ1v) is 15.5. The summed E-state index contributed by atoms with van der Waals surface area (Å²) in [7, 11) is 0. The lowest BCUT2D eigenvalue weighted by molar-refractivity contribution is 0.669. The number of aromatic nitrogens is 3. The zero-order chi connectivity index (χ0) is 30.6. The average molecular weight is 590 g/mol. The van der Waals surface area contributed by atoms with E-state index >= 15 is 0 Å². The highest BCUT2D eigenvalue weighted by molar-refractivity contribution is 6.12. The van der Waals surface area contributed by atoms with Gasteiger partial charge in [-0.1, -0.05) is 133 Å². The molecule has 0 aliphatic rings. The maximum atomic E-state index is 6.23. The molecule has 0 N–H and O–H groups in total. The van der Waals surface area contributed by atoms with Crippen LogP contribution in [-0.2, 0) is 0 Å². The third-order valence-electron chi connectivity index (χ3n) is 8.80. The molecule has 2 aromatic heterocycles. The topological polar surface area (TPSA) is 51.8 Å². The first-order valence-electron chi connectivity index (χ1n) is 15.5. The van der Waals surface area contributed by atoms with Crippen molar-refractivity contribution in [1.82, 2.24) is 15.0 Å². The Bertz CT molecular complexity index is 2610. The molecule has 216 valence electrons. The van der Waals surface area contributed by atoms with Crippen molar-refractivity contribution in [1.29, 1.82) is 0 Å². The van der Waals surface area contributed by atoms with Crippen molar-refractivity contribution < 1.29 is 4.42 Å². The van der Waals surface area contributed by atoms with Gasteiger partial charge in [0.2, 0.25) is 0 Å². The number of rotatable bonds is 4. The van der Waals surface area contributed by atoms with Gasteiger partial charge in [-0.3, -0.25) is 0 Å². The molecule has 4 nitrogen and oxygen atoms in total. The smallest absolute Gasteiger partial charge is 0.164 e. The summed E-state index contributed by atoms with van der Waals surface area (Å²) in [6.45, 7) is 2.09. The molecule has 0 atom stereocenters.